The molecule has 0 saturated heterocycles. The number of hydrogen-bond acceptors (Lipinski definition) is 4. The van der Waals surface area contributed by atoms with Crippen LogP contribution in [0.15, 0.2) is 24.3 Å². The van der Waals surface area contributed by atoms with Crippen LogP contribution in [0, 0.1) is 5.92 Å². The Labute approximate surface area is 141 Å². The number of carboxylic acids is 2. The third-order valence-corrected chi connectivity index (χ3v) is 4.61. The van der Waals surface area contributed by atoms with Crippen LogP contribution in [-0.4, -0.2) is 42.9 Å². The second kappa shape index (κ2) is 8.30. The Morgan fingerprint density at radius 2 is 1.68 bits per heavy atom. The molecule has 25 heavy (non-hydrogen) atoms. The van der Waals surface area contributed by atoms with Crippen LogP contribution < -0.4 is 4.72 Å². The van der Waals surface area contributed by atoms with Crippen LogP contribution in [-0.2, 0) is 32.2 Å². The first-order chi connectivity index (χ1) is 11.4. The number of carboxylic acid groups (broad SMARTS) is 2. The van der Waals surface area contributed by atoms with Crippen LogP contribution in [0.4, 0.5) is 13.2 Å². The molecule has 0 aliphatic heterocycles. The first-order valence-corrected chi connectivity index (χ1v) is 8.64. The molecular weight excluding hydrogens is 367 g/mol. The van der Waals surface area contributed by atoms with Gasteiger partial charge in [-0.1, -0.05) is 12.1 Å². The van der Waals surface area contributed by atoms with Gasteiger partial charge in [-0.15, -0.1) is 0 Å². The van der Waals surface area contributed by atoms with Gasteiger partial charge < -0.3 is 10.2 Å². The highest BCUT2D eigenvalue weighted by Gasteiger charge is 2.30. The number of sulfonamides is 1. The van der Waals surface area contributed by atoms with Crippen LogP contribution in [0.2, 0.25) is 0 Å². The van der Waals surface area contributed by atoms with E-state index >= 15 is 0 Å². The van der Waals surface area contributed by atoms with Crippen LogP contribution in [0.5, 0.6) is 0 Å². The van der Waals surface area contributed by atoms with Crippen molar-refractivity contribution >= 4 is 22.0 Å². The van der Waals surface area contributed by atoms with Crippen molar-refractivity contribution in [2.24, 2.45) is 5.92 Å². The summed E-state index contributed by atoms with van der Waals surface area (Å²) in [6, 6.07) is 3.98. The molecule has 0 bridgehead atoms. The Morgan fingerprint density at radius 3 is 2.12 bits per heavy atom. The van der Waals surface area contributed by atoms with Gasteiger partial charge in [0.15, 0.2) is 0 Å². The van der Waals surface area contributed by atoms with Gasteiger partial charge >= 0.3 is 18.1 Å². The summed E-state index contributed by atoms with van der Waals surface area (Å²) in [5, 5.41) is 17.4. The van der Waals surface area contributed by atoms with Gasteiger partial charge in [-0.2, -0.15) is 13.2 Å². The Hall–Kier alpha value is -2.14. The van der Waals surface area contributed by atoms with Crippen molar-refractivity contribution in [3.05, 3.63) is 35.4 Å². The van der Waals surface area contributed by atoms with Crippen LogP contribution >= 0.6 is 0 Å². The number of halogens is 3. The van der Waals surface area contributed by atoms with Crippen LogP contribution in [0.1, 0.15) is 17.5 Å². The standard InChI is InChI=1S/C14H16F3NO6S/c15-14(16,17)11-3-1-9(2-4-11)5-6-25(23,24)18-8-10(13(21)22)7-12(19)20/h1-4,10,18H,5-8H2,(H,19,20)(H,21,22). The molecular formula is C14H16F3NO6S. The number of nitrogens with one attached hydrogen (secondary N) is 1. The molecule has 0 aromatic heterocycles. The lowest BCUT2D eigenvalue weighted by molar-refractivity contribution is -0.147. The molecule has 0 saturated carbocycles. The predicted molar refractivity (Wildman–Crippen MR) is 80.3 cm³/mol. The number of rotatable bonds is 9. The molecule has 0 spiro atoms. The molecule has 1 unspecified atom stereocenters. The highest BCUT2D eigenvalue weighted by molar-refractivity contribution is 7.89. The fourth-order valence-electron chi connectivity index (χ4n) is 1.87. The molecule has 0 aliphatic rings. The van der Waals surface area contributed by atoms with Gasteiger partial charge in [0.05, 0.1) is 23.7 Å². The van der Waals surface area contributed by atoms with Gasteiger partial charge in [0.2, 0.25) is 10.0 Å². The van der Waals surface area contributed by atoms with E-state index in [1.165, 1.54) is 0 Å². The second-order valence-corrected chi connectivity index (χ2v) is 7.17. The summed E-state index contributed by atoms with van der Waals surface area (Å²) < 4.78 is 62.9. The van der Waals surface area contributed by atoms with Crippen molar-refractivity contribution in [3.63, 3.8) is 0 Å². The maximum atomic E-state index is 12.4. The molecule has 1 atom stereocenters. The first-order valence-electron chi connectivity index (χ1n) is 6.99. The maximum Gasteiger partial charge on any atom is 0.416 e. The number of hydrogen-bond donors (Lipinski definition) is 3. The Bertz CT molecular complexity index is 715. The molecule has 140 valence electrons. The van der Waals surface area contributed by atoms with E-state index in [1.54, 1.807) is 0 Å². The molecule has 0 fully saturated rings. The Balaban J connectivity index is 2.60. The lowest BCUT2D eigenvalue weighted by atomic mass is 10.1. The summed E-state index contributed by atoms with van der Waals surface area (Å²) in [5.74, 6) is -4.72. The predicted octanol–water partition coefficient (Wildman–Crippen LogP) is 1.34. The lowest BCUT2D eigenvalue weighted by Crippen LogP contribution is -2.35. The molecule has 7 nitrogen and oxygen atoms in total. The third-order valence-electron chi connectivity index (χ3n) is 3.26. The minimum atomic E-state index is -4.48. The molecule has 1 rings (SSSR count). The van der Waals surface area contributed by atoms with Crippen molar-refractivity contribution in [2.45, 2.75) is 19.0 Å². The maximum absolute atomic E-state index is 12.4. The summed E-state index contributed by atoms with van der Waals surface area (Å²) in [6.07, 6.45) is -5.30. The molecule has 1 aromatic carbocycles. The Morgan fingerprint density at radius 1 is 1.12 bits per heavy atom. The summed E-state index contributed by atoms with van der Waals surface area (Å²) in [7, 11) is -3.91. The summed E-state index contributed by atoms with van der Waals surface area (Å²) >= 11 is 0. The van der Waals surface area contributed by atoms with Crippen LogP contribution in [0.25, 0.3) is 0 Å². The van der Waals surface area contributed by atoms with E-state index in [2.05, 4.69) is 0 Å². The van der Waals surface area contributed by atoms with Crippen molar-refractivity contribution in [1.29, 1.82) is 0 Å². The van der Waals surface area contributed by atoms with Gasteiger partial charge in [-0.25, -0.2) is 13.1 Å². The lowest BCUT2D eigenvalue weighted by Gasteiger charge is -2.12. The minimum absolute atomic E-state index is 0.0792. The monoisotopic (exact) mass is 383 g/mol. The van der Waals surface area contributed by atoms with Crippen molar-refractivity contribution in [1.82, 2.24) is 4.72 Å². The molecule has 0 aliphatic carbocycles. The van der Waals surface area contributed by atoms with Gasteiger partial charge in [0, 0.05) is 6.54 Å². The van der Waals surface area contributed by atoms with Gasteiger partial charge in [0.1, 0.15) is 0 Å². The van der Waals surface area contributed by atoms with E-state index in [-0.39, 0.29) is 6.42 Å². The van der Waals surface area contributed by atoms with Crippen molar-refractivity contribution in [2.75, 3.05) is 12.3 Å². The number of benzene rings is 1. The molecule has 11 heteroatoms. The van der Waals surface area contributed by atoms with E-state index in [0.717, 1.165) is 24.3 Å². The molecule has 0 amide bonds. The summed E-state index contributed by atoms with van der Waals surface area (Å²) in [4.78, 5) is 21.4. The fraction of sp³-hybridized carbons (Fsp3) is 0.429. The van der Waals surface area contributed by atoms with Gasteiger partial charge in [-0.3, -0.25) is 9.59 Å². The highest BCUT2D eigenvalue weighted by atomic mass is 32.2. The molecule has 0 radical (unpaired) electrons. The fourth-order valence-corrected chi connectivity index (χ4v) is 2.97. The number of alkyl halides is 3. The zero-order valence-electron chi connectivity index (χ0n) is 12.8. The summed E-state index contributed by atoms with van der Waals surface area (Å²) in [5.41, 5.74) is -0.492. The van der Waals surface area contributed by atoms with E-state index in [1.807, 2.05) is 4.72 Å². The minimum Gasteiger partial charge on any atom is -0.481 e. The average molecular weight is 383 g/mol. The highest BCUT2D eigenvalue weighted by Crippen LogP contribution is 2.29. The van der Waals surface area contributed by atoms with Gasteiger partial charge in [-0.05, 0) is 24.1 Å². The van der Waals surface area contributed by atoms with E-state index < -0.39 is 58.3 Å². The van der Waals surface area contributed by atoms with Crippen molar-refractivity contribution < 1.29 is 41.4 Å². The Kier molecular flexibility index (Phi) is 6.94. The summed E-state index contributed by atoms with van der Waals surface area (Å²) in [6.45, 7) is -0.586. The SMILES string of the molecule is O=C(O)CC(CNS(=O)(=O)CCc1ccc(C(F)(F)F)cc1)C(=O)O. The van der Waals surface area contributed by atoms with E-state index in [9.17, 15) is 31.2 Å². The van der Waals surface area contributed by atoms with Crippen molar-refractivity contribution in [3.8, 4) is 0 Å². The topological polar surface area (TPSA) is 121 Å². The number of aryl methyl sites for hydroxylation is 1. The largest absolute Gasteiger partial charge is 0.481 e. The quantitative estimate of drug-likeness (QED) is 0.592. The van der Waals surface area contributed by atoms with Gasteiger partial charge in [0.25, 0.3) is 0 Å². The van der Waals surface area contributed by atoms with E-state index in [4.69, 9.17) is 10.2 Å². The van der Waals surface area contributed by atoms with Crippen LogP contribution in [0.3, 0.4) is 0 Å². The molecule has 0 heterocycles. The third kappa shape index (κ3) is 7.52. The average Bonchev–Trinajstić information content (AvgIpc) is 2.48. The number of aliphatic carboxylic acids is 2. The first kappa shape index (κ1) is 20.9. The van der Waals surface area contributed by atoms with E-state index in [0.29, 0.717) is 5.56 Å². The smallest absolute Gasteiger partial charge is 0.416 e. The second-order valence-electron chi connectivity index (χ2n) is 5.25. The molecule has 1 aromatic rings. The normalized spacial score (nSPS) is 13.4. The molecule has 3 N–H and O–H groups in total. The number of carbonyl (C=O) groups is 2. The zero-order valence-corrected chi connectivity index (χ0v) is 13.6. The zero-order chi connectivity index (χ0) is 19.3.